The maximum absolute atomic E-state index is 12.2. The SMILES string of the molecule is O=c1c(-c2ccccc2)c(O)on1/C=C1/C=CC=N1. The topological polar surface area (TPSA) is 67.7 Å². The molecule has 1 aliphatic heterocycles. The predicted octanol–water partition coefficient (Wildman–Crippen LogP) is 2.25. The molecule has 0 bridgehead atoms. The lowest BCUT2D eigenvalue weighted by Crippen LogP contribution is -2.10. The van der Waals surface area contributed by atoms with E-state index in [1.807, 2.05) is 6.07 Å². The van der Waals surface area contributed by atoms with Gasteiger partial charge in [-0.05, 0) is 17.7 Å². The third kappa shape index (κ3) is 2.01. The number of hydrogen-bond acceptors (Lipinski definition) is 4. The Labute approximate surface area is 108 Å². The fourth-order valence-corrected chi connectivity index (χ4v) is 1.83. The zero-order chi connectivity index (χ0) is 13.2. The highest BCUT2D eigenvalue weighted by molar-refractivity contribution is 5.78. The highest BCUT2D eigenvalue weighted by atomic mass is 16.6. The lowest BCUT2D eigenvalue weighted by Gasteiger charge is -1.93. The van der Waals surface area contributed by atoms with Crippen LogP contribution >= 0.6 is 0 Å². The maximum Gasteiger partial charge on any atom is 0.318 e. The molecule has 0 aliphatic carbocycles. The zero-order valence-corrected chi connectivity index (χ0v) is 9.85. The van der Waals surface area contributed by atoms with Gasteiger partial charge in [0.1, 0.15) is 5.56 Å². The van der Waals surface area contributed by atoms with Crippen molar-refractivity contribution in [2.45, 2.75) is 0 Å². The van der Waals surface area contributed by atoms with Crippen molar-refractivity contribution in [3.05, 3.63) is 58.5 Å². The summed E-state index contributed by atoms with van der Waals surface area (Å²) in [5, 5.41) is 9.77. The summed E-state index contributed by atoms with van der Waals surface area (Å²) in [4.78, 5) is 16.2. The summed E-state index contributed by atoms with van der Waals surface area (Å²) in [6, 6.07) is 8.87. The van der Waals surface area contributed by atoms with Gasteiger partial charge in [0.05, 0.1) is 11.9 Å². The van der Waals surface area contributed by atoms with E-state index >= 15 is 0 Å². The first-order valence-corrected chi connectivity index (χ1v) is 5.68. The monoisotopic (exact) mass is 254 g/mol. The van der Waals surface area contributed by atoms with Crippen molar-refractivity contribution in [1.82, 2.24) is 4.74 Å². The van der Waals surface area contributed by atoms with Gasteiger partial charge in [0.2, 0.25) is 0 Å². The van der Waals surface area contributed by atoms with Crippen molar-refractivity contribution in [3.8, 4) is 17.1 Å². The summed E-state index contributed by atoms with van der Waals surface area (Å²) in [5.74, 6) is -0.404. The van der Waals surface area contributed by atoms with Crippen molar-refractivity contribution in [2.24, 2.45) is 4.99 Å². The standard InChI is InChI=1S/C14H10N2O3/c17-13-12(10-5-2-1-3-6-10)14(18)19-16(13)9-11-7-4-8-15-11/h1-9,18H/b11-9-. The van der Waals surface area contributed by atoms with Gasteiger partial charge in [0.25, 0.3) is 5.56 Å². The minimum absolute atomic E-state index is 0.142. The van der Waals surface area contributed by atoms with E-state index in [1.54, 1.807) is 42.6 Å². The van der Waals surface area contributed by atoms with Gasteiger partial charge in [-0.25, -0.2) is 0 Å². The van der Waals surface area contributed by atoms with E-state index < -0.39 is 11.5 Å². The molecular formula is C14H10N2O3. The van der Waals surface area contributed by atoms with Gasteiger partial charge in [-0.15, -0.1) is 4.74 Å². The summed E-state index contributed by atoms with van der Waals surface area (Å²) in [6.45, 7) is 0. The zero-order valence-electron chi connectivity index (χ0n) is 9.85. The number of aliphatic imine (C=N–C) groups is 1. The molecule has 5 nitrogen and oxygen atoms in total. The van der Waals surface area contributed by atoms with Crippen molar-refractivity contribution in [3.63, 3.8) is 0 Å². The van der Waals surface area contributed by atoms with Crippen molar-refractivity contribution < 1.29 is 9.63 Å². The largest absolute Gasteiger partial charge is 0.479 e. The molecular weight excluding hydrogens is 244 g/mol. The molecule has 0 fully saturated rings. The van der Waals surface area contributed by atoms with Crippen LogP contribution in [0.4, 0.5) is 0 Å². The molecule has 1 N–H and O–H groups in total. The second-order valence-electron chi connectivity index (χ2n) is 3.96. The molecule has 3 rings (SSSR count). The number of nitrogens with zero attached hydrogens (tertiary/aromatic N) is 2. The van der Waals surface area contributed by atoms with Gasteiger partial charge < -0.3 is 9.63 Å². The van der Waals surface area contributed by atoms with Gasteiger partial charge in [0, 0.05) is 6.21 Å². The molecule has 94 valence electrons. The number of hydrogen-bond donors (Lipinski definition) is 1. The molecule has 0 spiro atoms. The third-order valence-electron chi connectivity index (χ3n) is 2.70. The Kier molecular flexibility index (Phi) is 2.64. The molecule has 2 aromatic rings. The molecule has 0 amide bonds. The van der Waals surface area contributed by atoms with Crippen LogP contribution < -0.4 is 5.56 Å². The highest BCUT2D eigenvalue weighted by Crippen LogP contribution is 2.26. The number of aromatic hydroxyl groups is 1. The number of benzene rings is 1. The van der Waals surface area contributed by atoms with Crippen molar-refractivity contribution in [2.75, 3.05) is 0 Å². The lowest BCUT2D eigenvalue weighted by molar-refractivity contribution is 0.248. The van der Waals surface area contributed by atoms with Crippen LogP contribution in [0.2, 0.25) is 0 Å². The summed E-state index contributed by atoms with van der Waals surface area (Å²) < 4.78 is 6.01. The van der Waals surface area contributed by atoms with Crippen molar-refractivity contribution >= 4 is 12.4 Å². The van der Waals surface area contributed by atoms with E-state index in [4.69, 9.17) is 4.52 Å². The van der Waals surface area contributed by atoms with E-state index in [0.29, 0.717) is 11.3 Å². The molecule has 0 atom stereocenters. The van der Waals surface area contributed by atoms with Crippen molar-refractivity contribution in [1.29, 1.82) is 0 Å². The Balaban J connectivity index is 2.12. The molecule has 1 aromatic heterocycles. The van der Waals surface area contributed by atoms with Crippen LogP contribution in [0.25, 0.3) is 17.3 Å². The summed E-state index contributed by atoms with van der Waals surface area (Å²) in [6.07, 6.45) is 6.51. The quantitative estimate of drug-likeness (QED) is 0.893. The van der Waals surface area contributed by atoms with E-state index in [2.05, 4.69) is 4.99 Å². The van der Waals surface area contributed by atoms with Crippen LogP contribution in [0.3, 0.4) is 0 Å². The minimum atomic E-state index is -0.424. The first-order chi connectivity index (χ1) is 9.25. The van der Waals surface area contributed by atoms with Crippen LogP contribution in [-0.4, -0.2) is 16.1 Å². The van der Waals surface area contributed by atoms with Crippen LogP contribution in [0.1, 0.15) is 0 Å². The normalized spacial score (nSPS) is 15.5. The number of allylic oxidation sites excluding steroid dienone is 2. The Morgan fingerprint density at radius 3 is 2.74 bits per heavy atom. The van der Waals surface area contributed by atoms with E-state index in [0.717, 1.165) is 4.74 Å². The Bertz CT molecular complexity index is 735. The van der Waals surface area contributed by atoms with Crippen LogP contribution in [0.15, 0.2) is 62.5 Å². The smallest absolute Gasteiger partial charge is 0.318 e. The fourth-order valence-electron chi connectivity index (χ4n) is 1.83. The van der Waals surface area contributed by atoms with Crippen LogP contribution in [0, 0.1) is 0 Å². The van der Waals surface area contributed by atoms with Gasteiger partial charge in [-0.2, -0.15) is 0 Å². The van der Waals surface area contributed by atoms with E-state index in [-0.39, 0.29) is 5.56 Å². The maximum atomic E-state index is 12.2. The Morgan fingerprint density at radius 1 is 1.26 bits per heavy atom. The Morgan fingerprint density at radius 2 is 2.05 bits per heavy atom. The molecule has 0 radical (unpaired) electrons. The number of rotatable bonds is 2. The Hall–Kier alpha value is -2.82. The van der Waals surface area contributed by atoms with Crippen LogP contribution in [-0.2, 0) is 0 Å². The van der Waals surface area contributed by atoms with Crippen LogP contribution in [0.5, 0.6) is 5.95 Å². The number of aromatic nitrogens is 1. The first kappa shape index (κ1) is 11.3. The second kappa shape index (κ2) is 4.45. The first-order valence-electron chi connectivity index (χ1n) is 5.68. The minimum Gasteiger partial charge on any atom is -0.479 e. The van der Waals surface area contributed by atoms with Gasteiger partial charge in [0.15, 0.2) is 0 Å². The fraction of sp³-hybridized carbons (Fsp3) is 0. The predicted molar refractivity (Wildman–Crippen MR) is 72.0 cm³/mol. The third-order valence-corrected chi connectivity index (χ3v) is 2.70. The van der Waals surface area contributed by atoms with Gasteiger partial charge in [-0.3, -0.25) is 9.79 Å². The molecule has 1 aliphatic rings. The summed E-state index contributed by atoms with van der Waals surface area (Å²) >= 11 is 0. The highest BCUT2D eigenvalue weighted by Gasteiger charge is 2.17. The molecule has 19 heavy (non-hydrogen) atoms. The average molecular weight is 254 g/mol. The lowest BCUT2D eigenvalue weighted by atomic mass is 10.1. The molecule has 0 unspecified atom stereocenters. The average Bonchev–Trinajstić information content (AvgIpc) is 3.01. The molecule has 2 heterocycles. The molecule has 0 saturated heterocycles. The molecule has 0 saturated carbocycles. The second-order valence-corrected chi connectivity index (χ2v) is 3.96. The van der Waals surface area contributed by atoms with Gasteiger partial charge >= 0.3 is 5.95 Å². The molecule has 5 heteroatoms. The summed E-state index contributed by atoms with van der Waals surface area (Å²) in [5.41, 5.74) is 0.905. The van der Waals surface area contributed by atoms with E-state index in [9.17, 15) is 9.90 Å². The molecule has 1 aromatic carbocycles. The van der Waals surface area contributed by atoms with Gasteiger partial charge in [-0.1, -0.05) is 30.3 Å². The summed E-state index contributed by atoms with van der Waals surface area (Å²) in [7, 11) is 0. The van der Waals surface area contributed by atoms with E-state index in [1.165, 1.54) is 6.20 Å².